The molecular weight excluding hydrogens is 390 g/mol. The zero-order valence-corrected chi connectivity index (χ0v) is 17.4. The Labute approximate surface area is 172 Å². The second-order valence-electron chi connectivity index (χ2n) is 7.25. The molecule has 1 amide bonds. The molecule has 0 spiro atoms. The Kier molecular flexibility index (Phi) is 5.42. The molecule has 0 unspecified atom stereocenters. The van der Waals surface area contributed by atoms with Crippen LogP contribution in [0.3, 0.4) is 0 Å². The van der Waals surface area contributed by atoms with Gasteiger partial charge in [-0.25, -0.2) is 9.78 Å². The van der Waals surface area contributed by atoms with E-state index in [0.717, 1.165) is 16.8 Å². The Balaban J connectivity index is 1.59. The van der Waals surface area contributed by atoms with Gasteiger partial charge in [-0.1, -0.05) is 42.1 Å². The largest absolute Gasteiger partial charge is 0.372 e. The maximum atomic E-state index is 12.6. The van der Waals surface area contributed by atoms with Gasteiger partial charge in [0, 0.05) is 18.7 Å². The van der Waals surface area contributed by atoms with Crippen LogP contribution in [-0.2, 0) is 9.53 Å². The Morgan fingerprint density at radius 3 is 2.62 bits per heavy atom. The molecule has 9 heteroatoms. The summed E-state index contributed by atoms with van der Waals surface area (Å²) in [5, 5.41) is 4.73. The number of nitrogens with zero attached hydrogens (tertiary/aromatic N) is 4. The van der Waals surface area contributed by atoms with Crippen LogP contribution in [-0.4, -0.2) is 61.4 Å². The Hall–Kier alpha value is -2.65. The summed E-state index contributed by atoms with van der Waals surface area (Å²) in [7, 11) is 0. The van der Waals surface area contributed by atoms with E-state index in [2.05, 4.69) is 15.1 Å². The molecule has 2 atom stereocenters. The average molecular weight is 414 g/mol. The molecule has 3 heterocycles. The maximum Gasteiger partial charge on any atom is 0.350 e. The van der Waals surface area contributed by atoms with Crippen molar-refractivity contribution in [2.24, 2.45) is 0 Å². The molecule has 1 fully saturated rings. The number of rotatable bonds is 4. The number of aromatic amines is 1. The monoisotopic (exact) mass is 413 g/mol. The fourth-order valence-corrected chi connectivity index (χ4v) is 4.40. The molecule has 0 bridgehead atoms. The van der Waals surface area contributed by atoms with Crippen molar-refractivity contribution in [2.45, 2.75) is 38.1 Å². The lowest BCUT2D eigenvalue weighted by molar-refractivity contribution is -0.140. The van der Waals surface area contributed by atoms with E-state index in [1.165, 1.54) is 16.3 Å². The van der Waals surface area contributed by atoms with Crippen LogP contribution in [0.1, 0.15) is 19.5 Å². The lowest BCUT2D eigenvalue weighted by atomic mass is 10.1. The van der Waals surface area contributed by atoms with E-state index in [1.807, 2.05) is 51.1 Å². The molecule has 0 aliphatic carbocycles. The van der Waals surface area contributed by atoms with Crippen LogP contribution >= 0.6 is 11.8 Å². The van der Waals surface area contributed by atoms with Gasteiger partial charge in [-0.3, -0.25) is 9.78 Å². The summed E-state index contributed by atoms with van der Waals surface area (Å²) in [5.74, 6) is 0.208. The third-order valence-electron chi connectivity index (χ3n) is 4.82. The van der Waals surface area contributed by atoms with Crippen LogP contribution in [0.4, 0.5) is 0 Å². The van der Waals surface area contributed by atoms with Gasteiger partial charge in [0.1, 0.15) is 0 Å². The van der Waals surface area contributed by atoms with E-state index in [0.29, 0.717) is 23.9 Å². The van der Waals surface area contributed by atoms with Crippen molar-refractivity contribution in [1.82, 2.24) is 24.5 Å². The van der Waals surface area contributed by atoms with Gasteiger partial charge in [-0.2, -0.15) is 9.61 Å². The highest BCUT2D eigenvalue weighted by molar-refractivity contribution is 7.99. The molecule has 0 radical (unpaired) electrons. The number of thioether (sulfide) groups is 1. The van der Waals surface area contributed by atoms with E-state index in [9.17, 15) is 9.59 Å². The van der Waals surface area contributed by atoms with Crippen molar-refractivity contribution in [3.05, 3.63) is 46.5 Å². The third-order valence-corrected chi connectivity index (χ3v) is 5.67. The summed E-state index contributed by atoms with van der Waals surface area (Å²) in [6, 6.07) is 9.73. The number of carbonyl (C=O) groups is 1. The van der Waals surface area contributed by atoms with Gasteiger partial charge in [-0.05, 0) is 26.3 Å². The molecule has 3 aromatic rings. The lowest BCUT2D eigenvalue weighted by Crippen LogP contribution is -2.48. The molecule has 152 valence electrons. The number of ether oxygens (including phenoxy) is 1. The van der Waals surface area contributed by atoms with Crippen molar-refractivity contribution in [3.63, 3.8) is 0 Å². The second kappa shape index (κ2) is 8.00. The number of aryl methyl sites for hydroxylation is 1. The number of carbonyl (C=O) groups excluding carboxylic acids is 1. The van der Waals surface area contributed by atoms with Crippen molar-refractivity contribution < 1.29 is 9.53 Å². The predicted molar refractivity (Wildman–Crippen MR) is 111 cm³/mol. The van der Waals surface area contributed by atoms with E-state index in [4.69, 9.17) is 4.74 Å². The number of morpholine rings is 1. The zero-order chi connectivity index (χ0) is 20.5. The summed E-state index contributed by atoms with van der Waals surface area (Å²) in [6.45, 7) is 6.93. The number of hydrogen-bond donors (Lipinski definition) is 1. The molecule has 29 heavy (non-hydrogen) atoms. The van der Waals surface area contributed by atoms with Gasteiger partial charge in [-0.15, -0.1) is 0 Å². The average Bonchev–Trinajstić information content (AvgIpc) is 3.02. The SMILES string of the molecule is Cc1nn2c(=O)[nH]c(SCC(=O)N3C[C@@H](C)O[C@H](C)C3)nc2c1-c1ccccc1. The van der Waals surface area contributed by atoms with E-state index >= 15 is 0 Å². The lowest BCUT2D eigenvalue weighted by Gasteiger charge is -2.35. The molecule has 8 nitrogen and oxygen atoms in total. The van der Waals surface area contributed by atoms with Crippen LogP contribution in [0.5, 0.6) is 0 Å². The number of amides is 1. The number of nitrogens with one attached hydrogen (secondary N) is 1. The molecule has 1 aromatic carbocycles. The van der Waals surface area contributed by atoms with Crippen molar-refractivity contribution >= 4 is 23.3 Å². The molecule has 1 aliphatic rings. The Morgan fingerprint density at radius 2 is 1.93 bits per heavy atom. The molecule has 0 saturated carbocycles. The smallest absolute Gasteiger partial charge is 0.350 e. The van der Waals surface area contributed by atoms with Crippen LogP contribution in [0, 0.1) is 6.92 Å². The number of hydrogen-bond acceptors (Lipinski definition) is 6. The topological polar surface area (TPSA) is 92.6 Å². The number of H-pyrrole nitrogens is 1. The molecule has 1 N–H and O–H groups in total. The Morgan fingerprint density at radius 1 is 1.24 bits per heavy atom. The van der Waals surface area contributed by atoms with Crippen LogP contribution in [0.15, 0.2) is 40.3 Å². The minimum atomic E-state index is -0.371. The standard InChI is InChI=1S/C20H23N5O3S/c1-12-9-24(10-13(2)28-12)16(26)11-29-19-21-18-17(15-7-5-4-6-8-15)14(3)23-25(18)20(27)22-19/h4-8,12-13H,9-11H2,1-3H3,(H,21,22,27)/t12-,13-/m1/s1. The summed E-state index contributed by atoms with van der Waals surface area (Å²) >= 11 is 1.23. The van der Waals surface area contributed by atoms with Crippen molar-refractivity contribution in [2.75, 3.05) is 18.8 Å². The maximum absolute atomic E-state index is 12.6. The zero-order valence-electron chi connectivity index (χ0n) is 16.6. The van der Waals surface area contributed by atoms with Crippen molar-refractivity contribution in [3.8, 4) is 11.1 Å². The number of fused-ring (bicyclic) bond motifs is 1. The van der Waals surface area contributed by atoms with E-state index in [-0.39, 0.29) is 29.6 Å². The number of aromatic nitrogens is 4. The quantitative estimate of drug-likeness (QED) is 0.659. The van der Waals surface area contributed by atoms with Crippen LogP contribution in [0.25, 0.3) is 16.8 Å². The number of benzene rings is 1. The van der Waals surface area contributed by atoms with Gasteiger partial charge in [0.25, 0.3) is 0 Å². The van der Waals surface area contributed by atoms with Crippen molar-refractivity contribution in [1.29, 1.82) is 0 Å². The second-order valence-corrected chi connectivity index (χ2v) is 8.22. The highest BCUT2D eigenvalue weighted by Gasteiger charge is 2.26. The molecule has 1 saturated heterocycles. The van der Waals surface area contributed by atoms with Gasteiger partial charge in [0.05, 0.1) is 23.7 Å². The molecule has 4 rings (SSSR count). The first-order chi connectivity index (χ1) is 13.9. The first kappa shape index (κ1) is 19.7. The molecule has 2 aromatic heterocycles. The predicted octanol–water partition coefficient (Wildman–Crippen LogP) is 2.12. The van der Waals surface area contributed by atoms with Crippen LogP contribution in [0.2, 0.25) is 0 Å². The first-order valence-corrected chi connectivity index (χ1v) is 10.5. The summed E-state index contributed by atoms with van der Waals surface area (Å²) in [6.07, 6.45) is 0.0374. The van der Waals surface area contributed by atoms with Gasteiger partial charge >= 0.3 is 5.69 Å². The van der Waals surface area contributed by atoms with E-state index < -0.39 is 0 Å². The fraction of sp³-hybridized carbons (Fsp3) is 0.400. The highest BCUT2D eigenvalue weighted by atomic mass is 32.2. The minimum absolute atomic E-state index is 0.00694. The highest BCUT2D eigenvalue weighted by Crippen LogP contribution is 2.27. The third kappa shape index (κ3) is 4.06. The van der Waals surface area contributed by atoms with Crippen LogP contribution < -0.4 is 5.69 Å². The normalized spacial score (nSPS) is 19.6. The van der Waals surface area contributed by atoms with Gasteiger partial charge < -0.3 is 9.64 Å². The molecule has 1 aliphatic heterocycles. The van der Waals surface area contributed by atoms with Gasteiger partial charge in [0.15, 0.2) is 10.8 Å². The summed E-state index contributed by atoms with van der Waals surface area (Å²) in [4.78, 5) is 34.2. The minimum Gasteiger partial charge on any atom is -0.372 e. The summed E-state index contributed by atoms with van der Waals surface area (Å²) in [5.41, 5.74) is 2.61. The molecular formula is C20H23N5O3S. The Bertz CT molecular complexity index is 1080. The fourth-order valence-electron chi connectivity index (χ4n) is 3.64. The van der Waals surface area contributed by atoms with E-state index in [1.54, 1.807) is 4.90 Å². The first-order valence-electron chi connectivity index (χ1n) is 9.53. The van der Waals surface area contributed by atoms with Gasteiger partial charge in [0.2, 0.25) is 5.91 Å². The summed E-state index contributed by atoms with van der Waals surface area (Å²) < 4.78 is 6.95.